The second-order valence-electron chi connectivity index (χ2n) is 10.5. The maximum Gasteiger partial charge on any atom is 0.490 e. The second-order valence-corrected chi connectivity index (χ2v) is 10.5. The van der Waals surface area contributed by atoms with E-state index in [1.165, 1.54) is 30.6 Å². The number of nitrogens with one attached hydrogen (secondary N) is 1. The fourth-order valence-corrected chi connectivity index (χ4v) is 4.44. The molecule has 0 saturated carbocycles. The first-order valence-corrected chi connectivity index (χ1v) is 14.1. The van der Waals surface area contributed by atoms with Crippen molar-refractivity contribution in [3.05, 3.63) is 71.7 Å². The van der Waals surface area contributed by atoms with Crippen LogP contribution in [0.3, 0.4) is 0 Å². The molecular formula is C29H26F9N7O6. The van der Waals surface area contributed by atoms with Crippen LogP contribution in [0.5, 0.6) is 0 Å². The maximum absolute atomic E-state index is 10.6. The lowest BCUT2D eigenvalue weighted by Crippen LogP contribution is -2.36. The van der Waals surface area contributed by atoms with Gasteiger partial charge >= 0.3 is 36.4 Å². The van der Waals surface area contributed by atoms with E-state index in [2.05, 4.69) is 70.7 Å². The standard InChI is InChI=1S/C23H23N7.3C2HF3O2/c1-16-25-27-23-7-6-20-22(30(16)23)13-21(19-8-9-24-26-19)29(20)15-18-5-2-4-17(12-18)14-28-10-3-11-28;3*3-2(4,5)1(6)7/h2,4-9,12-13H,3,10-11,14-15H2,1H3,(H,24,26);3*(H,6,7). The lowest BCUT2D eigenvalue weighted by Gasteiger charge is -2.30. The molecule has 0 amide bonds. The zero-order valence-electron chi connectivity index (χ0n) is 25.9. The minimum Gasteiger partial charge on any atom is -0.475 e. The van der Waals surface area contributed by atoms with E-state index >= 15 is 0 Å². The number of pyridine rings is 1. The number of carboxylic acid groups (broad SMARTS) is 3. The van der Waals surface area contributed by atoms with Crippen molar-refractivity contribution < 1.29 is 69.2 Å². The third kappa shape index (κ3) is 10.9. The number of aromatic nitrogens is 6. The Kier molecular flexibility index (Phi) is 12.4. The molecule has 51 heavy (non-hydrogen) atoms. The molecule has 1 aromatic carbocycles. The van der Waals surface area contributed by atoms with Crippen LogP contribution in [0, 0.1) is 6.92 Å². The van der Waals surface area contributed by atoms with E-state index in [1.54, 1.807) is 6.20 Å². The number of aryl methyl sites for hydroxylation is 1. The molecule has 0 bridgehead atoms. The van der Waals surface area contributed by atoms with Crippen molar-refractivity contribution in [1.29, 1.82) is 0 Å². The van der Waals surface area contributed by atoms with Crippen molar-refractivity contribution in [2.75, 3.05) is 13.1 Å². The molecule has 0 aliphatic carbocycles. The van der Waals surface area contributed by atoms with E-state index in [9.17, 15) is 39.5 Å². The van der Waals surface area contributed by atoms with Crippen LogP contribution in [0.4, 0.5) is 39.5 Å². The molecule has 4 aromatic heterocycles. The van der Waals surface area contributed by atoms with E-state index in [0.717, 1.165) is 47.0 Å². The third-order valence-corrected chi connectivity index (χ3v) is 6.79. The summed E-state index contributed by atoms with van der Waals surface area (Å²) in [4.78, 5) is 29.2. The molecule has 6 rings (SSSR count). The van der Waals surface area contributed by atoms with Crippen molar-refractivity contribution in [3.8, 4) is 11.4 Å². The molecule has 1 fully saturated rings. The number of halogens is 9. The molecule has 22 heteroatoms. The Hall–Kier alpha value is -5.67. The number of likely N-dealkylation sites (tertiary alicyclic amines) is 1. The van der Waals surface area contributed by atoms with Crippen molar-refractivity contribution in [3.63, 3.8) is 0 Å². The number of benzene rings is 1. The number of alkyl halides is 9. The molecule has 0 unspecified atom stereocenters. The van der Waals surface area contributed by atoms with Crippen molar-refractivity contribution in [2.45, 2.75) is 45.0 Å². The van der Waals surface area contributed by atoms with E-state index in [1.807, 2.05) is 19.1 Å². The summed E-state index contributed by atoms with van der Waals surface area (Å²) in [5, 5.41) is 37.2. The van der Waals surface area contributed by atoms with Gasteiger partial charge in [-0.05, 0) is 61.8 Å². The van der Waals surface area contributed by atoms with Crippen LogP contribution in [0.2, 0.25) is 0 Å². The first kappa shape index (κ1) is 39.8. The minimum atomic E-state index is -5.08. The van der Waals surface area contributed by atoms with E-state index in [0.29, 0.717) is 0 Å². The quantitative estimate of drug-likeness (QED) is 0.167. The summed E-state index contributed by atoms with van der Waals surface area (Å²) in [7, 11) is 0. The maximum atomic E-state index is 10.6. The van der Waals surface area contributed by atoms with E-state index in [-0.39, 0.29) is 0 Å². The number of aliphatic carboxylic acids is 3. The molecule has 0 radical (unpaired) electrons. The first-order chi connectivity index (χ1) is 23.6. The average Bonchev–Trinajstić information content (AvgIpc) is 3.74. The van der Waals surface area contributed by atoms with Gasteiger partial charge in [-0.1, -0.05) is 24.3 Å². The van der Waals surface area contributed by atoms with Crippen LogP contribution in [-0.4, -0.2) is 99.1 Å². The van der Waals surface area contributed by atoms with Crippen LogP contribution < -0.4 is 0 Å². The van der Waals surface area contributed by atoms with Gasteiger partial charge in [-0.3, -0.25) is 14.4 Å². The van der Waals surface area contributed by atoms with E-state index < -0.39 is 36.4 Å². The smallest absolute Gasteiger partial charge is 0.475 e. The van der Waals surface area contributed by atoms with Gasteiger partial charge in [0.25, 0.3) is 0 Å². The Balaban J connectivity index is 0.000000275. The van der Waals surface area contributed by atoms with Gasteiger partial charge in [-0.15, -0.1) is 10.2 Å². The zero-order valence-corrected chi connectivity index (χ0v) is 25.9. The van der Waals surface area contributed by atoms with Crippen molar-refractivity contribution >= 4 is 34.6 Å². The van der Waals surface area contributed by atoms with E-state index in [4.69, 9.17) is 29.7 Å². The van der Waals surface area contributed by atoms with Gasteiger partial charge in [0, 0.05) is 19.3 Å². The second kappa shape index (κ2) is 15.9. The lowest BCUT2D eigenvalue weighted by atomic mass is 10.1. The molecule has 1 aliphatic heterocycles. The monoisotopic (exact) mass is 739 g/mol. The first-order valence-electron chi connectivity index (χ1n) is 14.1. The molecule has 1 aliphatic rings. The number of rotatable bonds is 5. The fraction of sp³-hybridized carbons (Fsp3) is 0.310. The van der Waals surface area contributed by atoms with Crippen molar-refractivity contribution in [2.24, 2.45) is 0 Å². The summed E-state index contributed by atoms with van der Waals surface area (Å²) < 4.78 is 99.7. The molecule has 1 saturated heterocycles. The predicted octanol–water partition coefficient (Wildman–Crippen LogP) is 5.54. The average molecular weight is 740 g/mol. The highest BCUT2D eigenvalue weighted by Crippen LogP contribution is 2.29. The van der Waals surface area contributed by atoms with Gasteiger partial charge in [0.15, 0.2) is 5.65 Å². The topological polar surface area (TPSA) is 179 Å². The molecule has 0 atom stereocenters. The van der Waals surface area contributed by atoms with Gasteiger partial charge in [0.05, 0.1) is 22.4 Å². The van der Waals surface area contributed by atoms with Gasteiger partial charge in [-0.2, -0.15) is 44.6 Å². The summed E-state index contributed by atoms with van der Waals surface area (Å²) in [6.45, 7) is 6.24. The van der Waals surface area contributed by atoms with Gasteiger partial charge in [0.2, 0.25) is 0 Å². The summed E-state index contributed by atoms with van der Waals surface area (Å²) >= 11 is 0. The van der Waals surface area contributed by atoms with Crippen LogP contribution in [0.1, 0.15) is 23.4 Å². The summed E-state index contributed by atoms with van der Waals surface area (Å²) in [5.74, 6) is -7.38. The van der Waals surface area contributed by atoms with Gasteiger partial charge in [-0.25, -0.2) is 14.4 Å². The molecule has 5 heterocycles. The fourth-order valence-electron chi connectivity index (χ4n) is 4.44. The third-order valence-electron chi connectivity index (χ3n) is 6.79. The van der Waals surface area contributed by atoms with Gasteiger partial charge < -0.3 is 19.9 Å². The number of aromatic amines is 1. The molecular weight excluding hydrogens is 713 g/mol. The number of H-pyrrole nitrogens is 1. The number of fused-ring (bicyclic) bond motifs is 3. The largest absolute Gasteiger partial charge is 0.490 e. The molecule has 13 nitrogen and oxygen atoms in total. The lowest BCUT2D eigenvalue weighted by molar-refractivity contribution is -0.193. The Morgan fingerprint density at radius 1 is 0.745 bits per heavy atom. The number of hydrogen-bond donors (Lipinski definition) is 4. The highest BCUT2D eigenvalue weighted by Gasteiger charge is 2.39. The number of carbonyl (C=O) groups is 3. The number of carboxylic acids is 3. The SMILES string of the molecule is Cc1nnc2ccc3c(cc(-c4ccn[nH]4)n3Cc3cccc(CN4CCC4)c3)n12.O=C(O)C(F)(F)F.O=C(O)C(F)(F)F.O=C(O)C(F)(F)F. The van der Waals surface area contributed by atoms with Crippen LogP contribution in [0.25, 0.3) is 28.1 Å². The van der Waals surface area contributed by atoms with Crippen molar-refractivity contribution in [1.82, 2.24) is 34.3 Å². The summed E-state index contributed by atoms with van der Waals surface area (Å²) in [6.07, 6.45) is -12.1. The van der Waals surface area contributed by atoms with Gasteiger partial charge in [0.1, 0.15) is 5.82 Å². The molecule has 4 N–H and O–H groups in total. The van der Waals surface area contributed by atoms with Crippen LogP contribution >= 0.6 is 0 Å². The Labute approximate surface area is 279 Å². The summed E-state index contributed by atoms with van der Waals surface area (Å²) in [5.41, 5.74) is 7.91. The highest BCUT2D eigenvalue weighted by atomic mass is 19.4. The predicted molar refractivity (Wildman–Crippen MR) is 157 cm³/mol. The molecule has 0 spiro atoms. The van der Waals surface area contributed by atoms with Crippen LogP contribution in [0.15, 0.2) is 54.7 Å². The number of hydrogen-bond acceptors (Lipinski definition) is 7. The van der Waals surface area contributed by atoms with Crippen LogP contribution in [-0.2, 0) is 27.5 Å². The molecule has 276 valence electrons. The summed E-state index contributed by atoms with van der Waals surface area (Å²) in [6, 6.07) is 17.4. The minimum absolute atomic E-state index is 0.790. The Morgan fingerprint density at radius 3 is 1.73 bits per heavy atom. The number of nitrogens with zero attached hydrogens (tertiary/aromatic N) is 6. The molecule has 5 aromatic rings. The normalized spacial score (nSPS) is 13.2. The Bertz CT molecular complexity index is 1910. The zero-order chi connectivity index (χ0) is 38.3. The Morgan fingerprint density at radius 2 is 1.27 bits per heavy atom. The highest BCUT2D eigenvalue weighted by molar-refractivity contribution is 5.86.